The molecule has 1 aromatic carbocycles. The SMILES string of the molecule is N[C@](CCCCB(O)O)(C(=O)O)C1CC(NC(Cl)Cc2ccc(Cl)cc2)C1. The second-order valence-corrected chi connectivity index (χ2v) is 8.37. The van der Waals surface area contributed by atoms with Gasteiger partial charge >= 0.3 is 13.1 Å². The minimum absolute atomic E-state index is 0.119. The molecule has 1 aliphatic rings. The van der Waals surface area contributed by atoms with Crippen molar-refractivity contribution >= 4 is 36.3 Å². The van der Waals surface area contributed by atoms with E-state index in [-0.39, 0.29) is 23.8 Å². The van der Waals surface area contributed by atoms with Crippen LogP contribution >= 0.6 is 23.2 Å². The molecular weight excluding hydrogens is 390 g/mol. The van der Waals surface area contributed by atoms with Crippen LogP contribution < -0.4 is 11.1 Å². The lowest BCUT2D eigenvalue weighted by Crippen LogP contribution is -2.61. The van der Waals surface area contributed by atoms with E-state index in [9.17, 15) is 9.90 Å². The Kier molecular flexibility index (Phi) is 8.40. The van der Waals surface area contributed by atoms with Crippen LogP contribution in [0.1, 0.15) is 37.7 Å². The third kappa shape index (κ3) is 6.63. The van der Waals surface area contributed by atoms with Crippen LogP contribution in [0.5, 0.6) is 0 Å². The molecule has 2 atom stereocenters. The number of alkyl halides is 1. The summed E-state index contributed by atoms with van der Waals surface area (Å²) < 4.78 is 0. The van der Waals surface area contributed by atoms with Gasteiger partial charge in [-0.3, -0.25) is 10.1 Å². The third-order valence-electron chi connectivity index (χ3n) is 5.31. The lowest BCUT2D eigenvalue weighted by atomic mass is 9.66. The number of aliphatic carboxylic acids is 1. The van der Waals surface area contributed by atoms with Crippen LogP contribution in [0.15, 0.2) is 24.3 Å². The first kappa shape index (κ1) is 22.5. The molecule has 0 spiro atoms. The molecule has 150 valence electrons. The van der Waals surface area contributed by atoms with Gasteiger partial charge in [-0.25, -0.2) is 0 Å². The number of rotatable bonds is 11. The zero-order valence-electron chi connectivity index (χ0n) is 15.2. The second-order valence-electron chi connectivity index (χ2n) is 7.40. The molecule has 0 amide bonds. The molecule has 1 saturated carbocycles. The number of nitrogens with two attached hydrogens (primary N) is 1. The number of carbonyl (C=O) groups is 1. The van der Waals surface area contributed by atoms with Crippen molar-refractivity contribution in [1.82, 2.24) is 5.32 Å². The van der Waals surface area contributed by atoms with Gasteiger partial charge in [0.25, 0.3) is 0 Å². The van der Waals surface area contributed by atoms with E-state index < -0.39 is 18.6 Å². The Morgan fingerprint density at radius 3 is 2.48 bits per heavy atom. The van der Waals surface area contributed by atoms with Gasteiger partial charge in [-0.15, -0.1) is 11.6 Å². The van der Waals surface area contributed by atoms with Gasteiger partial charge in [-0.05, 0) is 49.2 Å². The lowest BCUT2D eigenvalue weighted by Gasteiger charge is -2.45. The zero-order valence-corrected chi connectivity index (χ0v) is 16.7. The molecule has 2 rings (SSSR count). The molecule has 0 saturated heterocycles. The van der Waals surface area contributed by atoms with Gasteiger partial charge < -0.3 is 20.9 Å². The quantitative estimate of drug-likeness (QED) is 0.163. The predicted octanol–water partition coefficient (Wildman–Crippen LogP) is 2.24. The fourth-order valence-electron chi connectivity index (χ4n) is 3.55. The van der Waals surface area contributed by atoms with Crippen molar-refractivity contribution in [1.29, 1.82) is 0 Å². The maximum atomic E-state index is 11.7. The van der Waals surface area contributed by atoms with Crippen molar-refractivity contribution in [2.45, 2.75) is 61.9 Å². The van der Waals surface area contributed by atoms with Gasteiger partial charge in [0.05, 0.1) is 5.50 Å². The summed E-state index contributed by atoms with van der Waals surface area (Å²) in [5, 5.41) is 31.3. The van der Waals surface area contributed by atoms with Crippen LogP contribution in [0.3, 0.4) is 0 Å². The van der Waals surface area contributed by atoms with Crippen molar-refractivity contribution in [3.8, 4) is 0 Å². The molecule has 0 aromatic heterocycles. The highest BCUT2D eigenvalue weighted by atomic mass is 35.5. The molecule has 1 fully saturated rings. The Bertz CT molecular complexity index is 614. The minimum Gasteiger partial charge on any atom is -0.480 e. The molecule has 27 heavy (non-hydrogen) atoms. The normalized spacial score (nSPS) is 22.6. The van der Waals surface area contributed by atoms with Gasteiger partial charge in [0.15, 0.2) is 0 Å². The Morgan fingerprint density at radius 2 is 1.93 bits per heavy atom. The first-order chi connectivity index (χ1) is 12.7. The Labute approximate surface area is 170 Å². The third-order valence-corrected chi connectivity index (χ3v) is 5.84. The number of hydrogen-bond acceptors (Lipinski definition) is 5. The molecule has 6 N–H and O–H groups in total. The Hall–Kier alpha value is -0.825. The van der Waals surface area contributed by atoms with Crippen molar-refractivity contribution in [2.75, 3.05) is 0 Å². The van der Waals surface area contributed by atoms with E-state index >= 15 is 0 Å². The first-order valence-electron chi connectivity index (χ1n) is 9.23. The van der Waals surface area contributed by atoms with Crippen LogP contribution in [0.25, 0.3) is 0 Å². The van der Waals surface area contributed by atoms with Crippen molar-refractivity contribution in [2.24, 2.45) is 11.7 Å². The summed E-state index contributed by atoms with van der Waals surface area (Å²) in [5.74, 6) is -1.12. The summed E-state index contributed by atoms with van der Waals surface area (Å²) in [6.45, 7) is 0. The predicted molar refractivity (Wildman–Crippen MR) is 108 cm³/mol. The molecule has 1 aromatic rings. The van der Waals surface area contributed by atoms with Crippen LogP contribution in [0.2, 0.25) is 11.3 Å². The van der Waals surface area contributed by atoms with E-state index in [1.54, 1.807) is 0 Å². The van der Waals surface area contributed by atoms with Gasteiger partial charge in [0, 0.05) is 17.5 Å². The second kappa shape index (κ2) is 10.1. The molecule has 1 aliphatic carbocycles. The molecule has 0 heterocycles. The number of nitrogens with one attached hydrogen (secondary N) is 1. The van der Waals surface area contributed by atoms with E-state index in [4.69, 9.17) is 39.0 Å². The Morgan fingerprint density at radius 1 is 1.30 bits per heavy atom. The first-order valence-corrected chi connectivity index (χ1v) is 10.0. The molecule has 0 radical (unpaired) electrons. The van der Waals surface area contributed by atoms with E-state index in [0.717, 1.165) is 5.56 Å². The highest BCUT2D eigenvalue weighted by Gasteiger charge is 2.48. The monoisotopic (exact) mass is 416 g/mol. The summed E-state index contributed by atoms with van der Waals surface area (Å²) in [5.41, 5.74) is 5.74. The van der Waals surface area contributed by atoms with Gasteiger partial charge in [-0.2, -0.15) is 0 Å². The van der Waals surface area contributed by atoms with E-state index in [1.807, 2.05) is 24.3 Å². The molecule has 0 aliphatic heterocycles. The standard InChI is InChI=1S/C18H27BCl2N2O4/c20-14-5-3-12(4-6-14)9-16(21)23-15-10-13(11-15)18(22,17(24)25)7-1-2-8-19(26)27/h3-6,13,15-16,23,26-27H,1-2,7-11,22H2,(H,24,25)/t13?,15?,16?,18-/m0/s1. The van der Waals surface area contributed by atoms with Crippen LogP contribution in [0.4, 0.5) is 0 Å². The van der Waals surface area contributed by atoms with Crippen molar-refractivity contribution in [3.63, 3.8) is 0 Å². The lowest BCUT2D eigenvalue weighted by molar-refractivity contribution is -0.148. The van der Waals surface area contributed by atoms with Gasteiger partial charge in [0.1, 0.15) is 5.54 Å². The molecule has 6 nitrogen and oxygen atoms in total. The fourth-order valence-corrected chi connectivity index (χ4v) is 4.03. The van der Waals surface area contributed by atoms with Crippen molar-refractivity contribution in [3.05, 3.63) is 34.9 Å². The van der Waals surface area contributed by atoms with Crippen LogP contribution in [-0.4, -0.2) is 45.3 Å². The highest BCUT2D eigenvalue weighted by Crippen LogP contribution is 2.38. The average molecular weight is 417 g/mol. The maximum absolute atomic E-state index is 11.7. The molecule has 1 unspecified atom stereocenters. The molecular formula is C18H27BCl2N2O4. The molecule has 9 heteroatoms. The van der Waals surface area contributed by atoms with Crippen LogP contribution in [-0.2, 0) is 11.2 Å². The number of benzene rings is 1. The summed E-state index contributed by atoms with van der Waals surface area (Å²) in [4.78, 5) is 11.7. The van der Waals surface area contributed by atoms with Crippen molar-refractivity contribution < 1.29 is 19.9 Å². The zero-order chi connectivity index (χ0) is 20.0. The van der Waals surface area contributed by atoms with E-state index in [1.165, 1.54) is 0 Å². The highest BCUT2D eigenvalue weighted by molar-refractivity contribution is 6.40. The minimum atomic E-state index is -1.36. The van der Waals surface area contributed by atoms with Gasteiger partial charge in [0.2, 0.25) is 0 Å². The summed E-state index contributed by atoms with van der Waals surface area (Å²) in [6.07, 6.45) is 3.60. The van der Waals surface area contributed by atoms with Crippen LogP contribution in [0, 0.1) is 5.92 Å². The van der Waals surface area contributed by atoms with E-state index in [2.05, 4.69) is 5.32 Å². The average Bonchev–Trinajstić information content (AvgIpc) is 2.56. The fraction of sp³-hybridized carbons (Fsp3) is 0.611. The smallest absolute Gasteiger partial charge is 0.451 e. The summed E-state index contributed by atoms with van der Waals surface area (Å²) in [7, 11) is -1.36. The van der Waals surface area contributed by atoms with Gasteiger partial charge in [-0.1, -0.05) is 36.6 Å². The number of carboxylic acid groups (broad SMARTS) is 1. The summed E-state index contributed by atoms with van der Waals surface area (Å²) >= 11 is 12.3. The largest absolute Gasteiger partial charge is 0.480 e. The Balaban J connectivity index is 1.77. The number of hydrogen-bond donors (Lipinski definition) is 5. The van der Waals surface area contributed by atoms with E-state index in [0.29, 0.717) is 43.5 Å². The molecule has 0 bridgehead atoms. The topological polar surface area (TPSA) is 116 Å². The number of unbranched alkanes of at least 4 members (excludes halogenated alkanes) is 1. The number of halogens is 2. The maximum Gasteiger partial charge on any atom is 0.451 e. The number of carboxylic acids is 1. The summed E-state index contributed by atoms with van der Waals surface area (Å²) in [6, 6.07) is 7.66.